The van der Waals surface area contributed by atoms with Crippen LogP contribution < -0.4 is 0 Å². The summed E-state index contributed by atoms with van der Waals surface area (Å²) in [5.41, 5.74) is 1.48. The van der Waals surface area contributed by atoms with Crippen LogP contribution in [0.3, 0.4) is 0 Å². The van der Waals surface area contributed by atoms with Crippen LogP contribution in [0.25, 0.3) is 0 Å². The largest absolute Gasteiger partial charge is 0.459 e. The summed E-state index contributed by atoms with van der Waals surface area (Å²) in [6.45, 7) is 10.7. The smallest absolute Gasteiger partial charge is 0.320 e. The molecule has 130 valence electrons. The number of carbonyl (C=O) groups excluding carboxylic acids is 1. The third-order valence-electron chi connectivity index (χ3n) is 3.94. The maximum atomic E-state index is 12.0. The second kappa shape index (κ2) is 8.27. The van der Waals surface area contributed by atoms with Gasteiger partial charge in [-0.15, -0.1) is 0 Å². The zero-order valence-electron chi connectivity index (χ0n) is 14.9. The number of ether oxygens (including phenoxy) is 1. The predicted octanol–water partition coefficient (Wildman–Crippen LogP) is 2.41. The van der Waals surface area contributed by atoms with Gasteiger partial charge in [0.25, 0.3) is 0 Å². The third-order valence-corrected chi connectivity index (χ3v) is 3.94. The lowest BCUT2D eigenvalue weighted by atomic mass is 10.1. The molecule has 0 aliphatic carbocycles. The molecule has 1 aromatic rings. The van der Waals surface area contributed by atoms with E-state index in [1.54, 1.807) is 0 Å². The first-order valence-corrected chi connectivity index (χ1v) is 8.51. The Labute approximate surface area is 144 Å². The number of benzene rings is 1. The van der Waals surface area contributed by atoms with Gasteiger partial charge in [0.1, 0.15) is 5.60 Å². The van der Waals surface area contributed by atoms with Crippen molar-refractivity contribution in [1.82, 2.24) is 9.80 Å². The minimum atomic E-state index is -0.426. The molecule has 1 aliphatic rings. The second-order valence-corrected chi connectivity index (χ2v) is 7.30. The van der Waals surface area contributed by atoms with Crippen LogP contribution >= 0.6 is 0 Å². The highest BCUT2D eigenvalue weighted by molar-refractivity contribution is 5.72. The molecule has 1 aromatic carbocycles. The Bertz CT molecular complexity index is 584. The summed E-state index contributed by atoms with van der Waals surface area (Å²) in [4.78, 5) is 16.5. The molecule has 0 aromatic heterocycles. The van der Waals surface area contributed by atoms with Gasteiger partial charge in [0.05, 0.1) is 18.2 Å². The summed E-state index contributed by atoms with van der Waals surface area (Å²) in [7, 11) is 0. The zero-order chi connectivity index (χ0) is 17.6. The molecule has 0 atom stereocenters. The van der Waals surface area contributed by atoms with E-state index in [0.29, 0.717) is 12.1 Å². The molecule has 0 unspecified atom stereocenters. The number of carbonyl (C=O) groups is 1. The number of nitriles is 1. The molecule has 0 saturated carbocycles. The molecule has 1 aliphatic heterocycles. The highest BCUT2D eigenvalue weighted by atomic mass is 16.6. The van der Waals surface area contributed by atoms with E-state index in [4.69, 9.17) is 10.00 Å². The Hall–Kier alpha value is -1.90. The molecular formula is C19H27N3O2. The molecule has 2 rings (SSSR count). The van der Waals surface area contributed by atoms with E-state index in [-0.39, 0.29) is 5.97 Å². The molecule has 1 saturated heterocycles. The van der Waals surface area contributed by atoms with Crippen LogP contribution in [0.2, 0.25) is 0 Å². The molecule has 0 N–H and O–H groups in total. The van der Waals surface area contributed by atoms with Crippen molar-refractivity contribution in [1.29, 1.82) is 5.26 Å². The Morgan fingerprint density at radius 1 is 1.12 bits per heavy atom. The molecule has 5 nitrogen and oxygen atoms in total. The zero-order valence-corrected chi connectivity index (χ0v) is 14.9. The van der Waals surface area contributed by atoms with E-state index in [9.17, 15) is 4.79 Å². The standard InChI is InChI=1S/C19H27N3O2/c1-19(2,3)24-18(23)15-22-10-4-9-21(11-12-22)14-17-7-5-16(13-20)6-8-17/h5-8H,4,9-12,14-15H2,1-3H3. The van der Waals surface area contributed by atoms with Crippen LogP contribution in [0.15, 0.2) is 24.3 Å². The van der Waals surface area contributed by atoms with Gasteiger partial charge in [-0.05, 0) is 51.4 Å². The fourth-order valence-electron chi connectivity index (χ4n) is 2.84. The molecule has 0 spiro atoms. The van der Waals surface area contributed by atoms with Gasteiger partial charge in [0.2, 0.25) is 0 Å². The summed E-state index contributed by atoms with van der Waals surface area (Å²) in [5.74, 6) is -0.150. The van der Waals surface area contributed by atoms with E-state index in [1.165, 1.54) is 5.56 Å². The first-order valence-electron chi connectivity index (χ1n) is 8.51. The van der Waals surface area contributed by atoms with Crippen molar-refractivity contribution in [3.05, 3.63) is 35.4 Å². The molecule has 24 heavy (non-hydrogen) atoms. The first kappa shape index (κ1) is 18.4. The number of rotatable bonds is 4. The number of hydrogen-bond acceptors (Lipinski definition) is 5. The Morgan fingerprint density at radius 2 is 1.75 bits per heavy atom. The van der Waals surface area contributed by atoms with Crippen molar-refractivity contribution in [3.63, 3.8) is 0 Å². The SMILES string of the molecule is CC(C)(C)OC(=O)CN1CCCN(Cc2ccc(C#N)cc2)CC1. The Balaban J connectivity index is 1.81. The Morgan fingerprint density at radius 3 is 2.38 bits per heavy atom. The highest BCUT2D eigenvalue weighted by Crippen LogP contribution is 2.12. The van der Waals surface area contributed by atoms with Gasteiger partial charge in [-0.25, -0.2) is 0 Å². The normalized spacial score (nSPS) is 17.1. The minimum absolute atomic E-state index is 0.150. The fraction of sp³-hybridized carbons (Fsp3) is 0.579. The van der Waals surface area contributed by atoms with Gasteiger partial charge in [0.15, 0.2) is 0 Å². The van der Waals surface area contributed by atoms with Gasteiger partial charge < -0.3 is 4.74 Å². The van der Waals surface area contributed by atoms with Crippen molar-refractivity contribution >= 4 is 5.97 Å². The van der Waals surface area contributed by atoms with Crippen molar-refractivity contribution in [3.8, 4) is 6.07 Å². The fourth-order valence-corrected chi connectivity index (χ4v) is 2.84. The second-order valence-electron chi connectivity index (χ2n) is 7.30. The van der Waals surface area contributed by atoms with Crippen LogP contribution in [0.4, 0.5) is 0 Å². The van der Waals surface area contributed by atoms with Gasteiger partial charge in [-0.1, -0.05) is 12.1 Å². The summed E-state index contributed by atoms with van der Waals surface area (Å²) in [5, 5.41) is 8.86. The minimum Gasteiger partial charge on any atom is -0.459 e. The van der Waals surface area contributed by atoms with Gasteiger partial charge in [-0.2, -0.15) is 5.26 Å². The predicted molar refractivity (Wildman–Crippen MR) is 93.3 cm³/mol. The summed E-state index contributed by atoms with van der Waals surface area (Å²) >= 11 is 0. The molecular weight excluding hydrogens is 302 g/mol. The van der Waals surface area contributed by atoms with E-state index in [2.05, 4.69) is 15.9 Å². The van der Waals surface area contributed by atoms with Gasteiger partial charge >= 0.3 is 5.97 Å². The summed E-state index contributed by atoms with van der Waals surface area (Å²) < 4.78 is 5.41. The first-order chi connectivity index (χ1) is 11.4. The maximum Gasteiger partial charge on any atom is 0.320 e. The van der Waals surface area contributed by atoms with Crippen LogP contribution in [0, 0.1) is 11.3 Å². The monoisotopic (exact) mass is 329 g/mol. The van der Waals surface area contributed by atoms with Gasteiger partial charge in [-0.3, -0.25) is 14.6 Å². The lowest BCUT2D eigenvalue weighted by Crippen LogP contribution is -2.37. The average molecular weight is 329 g/mol. The van der Waals surface area contributed by atoms with Crippen LogP contribution in [0.5, 0.6) is 0 Å². The lowest BCUT2D eigenvalue weighted by Gasteiger charge is -2.24. The van der Waals surface area contributed by atoms with E-state index >= 15 is 0 Å². The lowest BCUT2D eigenvalue weighted by molar-refractivity contribution is -0.156. The van der Waals surface area contributed by atoms with Crippen LogP contribution in [-0.2, 0) is 16.1 Å². The summed E-state index contributed by atoms with van der Waals surface area (Å²) in [6, 6.07) is 9.90. The topological polar surface area (TPSA) is 56.6 Å². The Kier molecular flexibility index (Phi) is 6.36. The van der Waals surface area contributed by atoms with Gasteiger partial charge in [0, 0.05) is 26.2 Å². The molecule has 1 heterocycles. The van der Waals surface area contributed by atoms with Crippen molar-refractivity contribution < 1.29 is 9.53 Å². The van der Waals surface area contributed by atoms with E-state index in [1.807, 2.05) is 45.0 Å². The highest BCUT2D eigenvalue weighted by Gasteiger charge is 2.21. The van der Waals surface area contributed by atoms with Crippen molar-refractivity contribution in [2.24, 2.45) is 0 Å². The molecule has 1 fully saturated rings. The van der Waals surface area contributed by atoms with Crippen molar-refractivity contribution in [2.75, 3.05) is 32.7 Å². The van der Waals surface area contributed by atoms with Crippen LogP contribution in [0.1, 0.15) is 38.3 Å². The van der Waals surface area contributed by atoms with Crippen molar-refractivity contribution in [2.45, 2.75) is 39.3 Å². The van der Waals surface area contributed by atoms with E-state index in [0.717, 1.165) is 39.1 Å². The number of esters is 1. The molecule has 0 bridgehead atoms. The quantitative estimate of drug-likeness (QED) is 0.794. The number of nitrogens with zero attached hydrogens (tertiary/aromatic N) is 3. The number of hydrogen-bond donors (Lipinski definition) is 0. The molecule has 0 amide bonds. The third kappa shape index (κ3) is 6.31. The van der Waals surface area contributed by atoms with Crippen LogP contribution in [-0.4, -0.2) is 54.1 Å². The van der Waals surface area contributed by atoms with E-state index < -0.39 is 5.60 Å². The molecule has 0 radical (unpaired) electrons. The molecule has 5 heteroatoms. The average Bonchev–Trinajstić information content (AvgIpc) is 2.71. The maximum absolute atomic E-state index is 12.0. The summed E-state index contributed by atoms with van der Waals surface area (Å²) in [6.07, 6.45) is 1.04.